The van der Waals surface area contributed by atoms with Gasteiger partial charge < -0.3 is 9.72 Å². The Hall–Kier alpha value is -2.60. The van der Waals surface area contributed by atoms with E-state index in [1.807, 2.05) is 0 Å². The fourth-order valence-electron chi connectivity index (χ4n) is 2.09. The second-order valence-corrected chi connectivity index (χ2v) is 4.74. The third-order valence-electron chi connectivity index (χ3n) is 3.11. The molecule has 0 unspecified atom stereocenters. The van der Waals surface area contributed by atoms with Crippen molar-refractivity contribution in [1.29, 1.82) is 0 Å². The minimum absolute atomic E-state index is 0.00874. The van der Waals surface area contributed by atoms with Gasteiger partial charge in [0.05, 0.1) is 28.1 Å². The van der Waals surface area contributed by atoms with Gasteiger partial charge in [-0.3, -0.25) is 10.1 Å². The van der Waals surface area contributed by atoms with Crippen molar-refractivity contribution < 1.29 is 9.66 Å². The molecule has 0 radical (unpaired) electrons. The van der Waals surface area contributed by atoms with Crippen molar-refractivity contribution in [2.24, 2.45) is 0 Å². The Morgan fingerprint density at radius 1 is 1.33 bits per heavy atom. The zero-order valence-electron chi connectivity index (χ0n) is 11.0. The van der Waals surface area contributed by atoms with E-state index < -0.39 is 4.92 Å². The Kier molecular flexibility index (Phi) is 3.23. The fourth-order valence-corrected chi connectivity index (χ4v) is 2.38. The van der Waals surface area contributed by atoms with Crippen molar-refractivity contribution in [3.63, 3.8) is 0 Å². The van der Waals surface area contributed by atoms with Gasteiger partial charge in [0.15, 0.2) is 0 Å². The van der Waals surface area contributed by atoms with Gasteiger partial charge in [-0.05, 0) is 18.2 Å². The third-order valence-corrected chi connectivity index (χ3v) is 3.50. The number of hydrogen-bond donors (Lipinski definition) is 1. The van der Waals surface area contributed by atoms with E-state index in [-0.39, 0.29) is 5.69 Å². The molecule has 0 bridgehead atoms. The number of fused-ring (bicyclic) bond motifs is 1. The van der Waals surface area contributed by atoms with Crippen LogP contribution in [0.1, 0.15) is 0 Å². The molecule has 6 nitrogen and oxygen atoms in total. The van der Waals surface area contributed by atoms with Gasteiger partial charge in [-0.15, -0.1) is 0 Å². The lowest BCUT2D eigenvalue weighted by Crippen LogP contribution is -1.88. The summed E-state index contributed by atoms with van der Waals surface area (Å²) in [6, 6.07) is 9.81. The molecule has 0 atom stereocenters. The Morgan fingerprint density at radius 3 is 2.86 bits per heavy atom. The van der Waals surface area contributed by atoms with E-state index in [0.29, 0.717) is 33.2 Å². The normalized spacial score (nSPS) is 10.8. The van der Waals surface area contributed by atoms with Crippen LogP contribution in [0.5, 0.6) is 5.75 Å². The van der Waals surface area contributed by atoms with Gasteiger partial charge in [-0.1, -0.05) is 17.7 Å². The lowest BCUT2D eigenvalue weighted by Gasteiger charge is -2.05. The second-order valence-electron chi connectivity index (χ2n) is 4.37. The summed E-state index contributed by atoms with van der Waals surface area (Å²) in [6.07, 6.45) is 0. The number of non-ortho nitro benzene ring substituents is 1. The predicted octanol–water partition coefficient (Wildman–Crippen LogP) is 3.80. The summed E-state index contributed by atoms with van der Waals surface area (Å²) in [6.45, 7) is 0. The molecule has 0 aliphatic carbocycles. The molecule has 0 spiro atoms. The number of methoxy groups -OCH3 is 1. The number of benzene rings is 2. The van der Waals surface area contributed by atoms with Crippen molar-refractivity contribution >= 4 is 28.3 Å². The average molecular weight is 304 g/mol. The number of nitrogens with one attached hydrogen (secondary N) is 1. The number of aromatic amines is 1. The van der Waals surface area contributed by atoms with Crippen LogP contribution in [0.15, 0.2) is 36.4 Å². The van der Waals surface area contributed by atoms with Gasteiger partial charge in [0, 0.05) is 17.7 Å². The molecular formula is C14H10ClN3O3. The minimum Gasteiger partial charge on any atom is -0.495 e. The zero-order valence-corrected chi connectivity index (χ0v) is 11.7. The molecule has 0 fully saturated rings. The van der Waals surface area contributed by atoms with Crippen LogP contribution in [0.3, 0.4) is 0 Å². The van der Waals surface area contributed by atoms with E-state index in [4.69, 9.17) is 16.3 Å². The predicted molar refractivity (Wildman–Crippen MR) is 79.7 cm³/mol. The quantitative estimate of drug-likeness (QED) is 0.589. The van der Waals surface area contributed by atoms with Crippen molar-refractivity contribution in [3.05, 3.63) is 51.5 Å². The summed E-state index contributed by atoms with van der Waals surface area (Å²) >= 11 is 6.26. The highest BCUT2D eigenvalue weighted by Crippen LogP contribution is 2.34. The molecule has 0 aliphatic rings. The van der Waals surface area contributed by atoms with Crippen LogP contribution in [0, 0.1) is 10.1 Å². The summed E-state index contributed by atoms with van der Waals surface area (Å²) in [5.74, 6) is 1.08. The molecule has 0 aliphatic heterocycles. The van der Waals surface area contributed by atoms with Crippen molar-refractivity contribution in [1.82, 2.24) is 9.97 Å². The molecule has 3 rings (SSSR count). The summed E-state index contributed by atoms with van der Waals surface area (Å²) < 4.78 is 5.17. The van der Waals surface area contributed by atoms with Crippen molar-refractivity contribution in [3.8, 4) is 17.1 Å². The van der Waals surface area contributed by atoms with Gasteiger partial charge in [0.25, 0.3) is 5.69 Å². The first-order chi connectivity index (χ1) is 10.1. The van der Waals surface area contributed by atoms with E-state index >= 15 is 0 Å². The van der Waals surface area contributed by atoms with Crippen LogP contribution >= 0.6 is 11.6 Å². The van der Waals surface area contributed by atoms with Crippen LogP contribution in [0.25, 0.3) is 22.4 Å². The summed E-state index contributed by atoms with van der Waals surface area (Å²) in [7, 11) is 1.53. The molecule has 0 saturated carbocycles. The number of halogens is 1. The number of nitro groups is 1. The summed E-state index contributed by atoms with van der Waals surface area (Å²) in [5, 5.41) is 11.2. The van der Waals surface area contributed by atoms with E-state index in [2.05, 4.69) is 9.97 Å². The SMILES string of the molecule is COc1cccc(-c2nc3ccc([N+](=O)[O-])cc3[nH]2)c1Cl. The molecule has 1 aromatic heterocycles. The topological polar surface area (TPSA) is 81.1 Å². The molecule has 21 heavy (non-hydrogen) atoms. The summed E-state index contributed by atoms with van der Waals surface area (Å²) in [4.78, 5) is 17.8. The molecule has 0 saturated heterocycles. The average Bonchev–Trinajstić information content (AvgIpc) is 2.90. The van der Waals surface area contributed by atoms with Crippen molar-refractivity contribution in [2.75, 3.05) is 7.11 Å². The monoisotopic (exact) mass is 303 g/mol. The standard InChI is InChI=1S/C14H10ClN3O3/c1-21-12-4-2-3-9(13(12)15)14-16-10-6-5-8(18(19)20)7-11(10)17-14/h2-7H,1H3,(H,16,17). The van der Waals surface area contributed by atoms with Crippen LogP contribution in [0.4, 0.5) is 5.69 Å². The smallest absolute Gasteiger partial charge is 0.271 e. The molecule has 1 N–H and O–H groups in total. The highest BCUT2D eigenvalue weighted by atomic mass is 35.5. The number of rotatable bonds is 3. The maximum atomic E-state index is 10.8. The number of nitro benzene ring substituents is 1. The molecule has 2 aromatic carbocycles. The molecule has 7 heteroatoms. The number of nitrogens with zero attached hydrogens (tertiary/aromatic N) is 2. The van der Waals surface area contributed by atoms with Gasteiger partial charge in [-0.25, -0.2) is 4.98 Å². The van der Waals surface area contributed by atoms with Gasteiger partial charge >= 0.3 is 0 Å². The van der Waals surface area contributed by atoms with Crippen LogP contribution in [-0.2, 0) is 0 Å². The maximum absolute atomic E-state index is 10.8. The maximum Gasteiger partial charge on any atom is 0.271 e. The van der Waals surface area contributed by atoms with Crippen LogP contribution < -0.4 is 4.74 Å². The molecule has 106 valence electrons. The molecular weight excluding hydrogens is 294 g/mol. The van der Waals surface area contributed by atoms with Crippen LogP contribution in [-0.4, -0.2) is 22.0 Å². The lowest BCUT2D eigenvalue weighted by molar-refractivity contribution is -0.384. The number of aromatic nitrogens is 2. The minimum atomic E-state index is -0.446. The largest absolute Gasteiger partial charge is 0.495 e. The van der Waals surface area contributed by atoms with Gasteiger partial charge in [0.2, 0.25) is 0 Å². The highest BCUT2D eigenvalue weighted by Gasteiger charge is 2.14. The van der Waals surface area contributed by atoms with Crippen LogP contribution in [0.2, 0.25) is 5.02 Å². The molecule has 1 heterocycles. The Balaban J connectivity index is 2.15. The number of hydrogen-bond acceptors (Lipinski definition) is 4. The third kappa shape index (κ3) is 2.30. The number of imidazole rings is 1. The molecule has 3 aromatic rings. The zero-order chi connectivity index (χ0) is 15.0. The first-order valence-corrected chi connectivity index (χ1v) is 6.45. The lowest BCUT2D eigenvalue weighted by atomic mass is 10.2. The Morgan fingerprint density at radius 2 is 2.14 bits per heavy atom. The van der Waals surface area contributed by atoms with E-state index in [1.54, 1.807) is 24.3 Å². The van der Waals surface area contributed by atoms with Crippen molar-refractivity contribution in [2.45, 2.75) is 0 Å². The Labute approximate surface area is 124 Å². The second kappa shape index (κ2) is 5.06. The van der Waals surface area contributed by atoms with E-state index in [9.17, 15) is 10.1 Å². The highest BCUT2D eigenvalue weighted by molar-refractivity contribution is 6.34. The Bertz CT molecular complexity index is 845. The van der Waals surface area contributed by atoms with Gasteiger partial charge in [0.1, 0.15) is 11.6 Å². The number of H-pyrrole nitrogens is 1. The first-order valence-electron chi connectivity index (χ1n) is 6.07. The number of ether oxygens (including phenoxy) is 1. The summed E-state index contributed by atoms with van der Waals surface area (Å²) in [5.41, 5.74) is 1.90. The first kappa shape index (κ1) is 13.4. The van der Waals surface area contributed by atoms with E-state index in [0.717, 1.165) is 0 Å². The van der Waals surface area contributed by atoms with E-state index in [1.165, 1.54) is 19.2 Å². The fraction of sp³-hybridized carbons (Fsp3) is 0.0714. The molecule has 0 amide bonds. The van der Waals surface area contributed by atoms with Gasteiger partial charge in [-0.2, -0.15) is 0 Å².